The van der Waals surface area contributed by atoms with Gasteiger partial charge in [-0.2, -0.15) is 0 Å². The van der Waals surface area contributed by atoms with Crippen molar-refractivity contribution in [3.8, 4) is 0 Å². The summed E-state index contributed by atoms with van der Waals surface area (Å²) in [6.45, 7) is 5.82. The normalized spacial score (nSPS) is 8.31. The Labute approximate surface area is 78.4 Å². The summed E-state index contributed by atoms with van der Waals surface area (Å²) in [4.78, 5) is 18.7. The first-order chi connectivity index (χ1) is 6.24. The average Bonchev–Trinajstić information content (AvgIpc) is 2.21. The first-order valence-electron chi connectivity index (χ1n) is 4.25. The van der Waals surface area contributed by atoms with Crippen LogP contribution in [0.25, 0.3) is 0 Å². The van der Waals surface area contributed by atoms with Gasteiger partial charge in [0.15, 0.2) is 0 Å². The van der Waals surface area contributed by atoms with Crippen LogP contribution >= 0.6 is 0 Å². The van der Waals surface area contributed by atoms with Crippen molar-refractivity contribution in [1.82, 2.24) is 15.3 Å². The summed E-state index contributed by atoms with van der Waals surface area (Å²) in [6.07, 6.45) is 3.01. The van der Waals surface area contributed by atoms with Crippen LogP contribution in [0, 0.1) is 6.92 Å². The Morgan fingerprint density at radius 2 is 1.92 bits per heavy atom. The highest BCUT2D eigenvalue weighted by Gasteiger charge is 2.02. The van der Waals surface area contributed by atoms with Crippen molar-refractivity contribution >= 4 is 5.91 Å². The van der Waals surface area contributed by atoms with E-state index < -0.39 is 0 Å². The number of carbonyl (C=O) groups is 1. The molecule has 1 aromatic rings. The second-order valence-electron chi connectivity index (χ2n) is 2.12. The number of aryl methyl sites for hydroxylation is 1. The van der Waals surface area contributed by atoms with Crippen LogP contribution in [0.1, 0.15) is 30.0 Å². The summed E-state index contributed by atoms with van der Waals surface area (Å²) in [5.74, 6) is -0.211. The molecule has 1 amide bonds. The van der Waals surface area contributed by atoms with Crippen LogP contribution < -0.4 is 5.32 Å². The predicted octanol–water partition coefficient (Wildman–Crippen LogP) is 1.17. The summed E-state index contributed by atoms with van der Waals surface area (Å²) in [6, 6.07) is 0. The summed E-state index contributed by atoms with van der Waals surface area (Å²) in [5.41, 5.74) is 1.15. The van der Waals surface area contributed by atoms with Crippen molar-refractivity contribution in [3.05, 3.63) is 23.8 Å². The second-order valence-corrected chi connectivity index (χ2v) is 2.12. The molecular formula is C9H15N3O. The zero-order chi connectivity index (χ0) is 10.3. The van der Waals surface area contributed by atoms with Crippen LogP contribution in [0.4, 0.5) is 0 Å². The highest BCUT2D eigenvalue weighted by atomic mass is 16.1. The molecule has 0 fully saturated rings. The van der Waals surface area contributed by atoms with Crippen molar-refractivity contribution < 1.29 is 4.79 Å². The lowest BCUT2D eigenvalue weighted by molar-refractivity contribution is 0.0957. The van der Waals surface area contributed by atoms with Crippen LogP contribution in [0.5, 0.6) is 0 Å². The van der Waals surface area contributed by atoms with Crippen molar-refractivity contribution in [2.75, 3.05) is 7.05 Å². The van der Waals surface area contributed by atoms with Gasteiger partial charge in [0.2, 0.25) is 0 Å². The van der Waals surface area contributed by atoms with Gasteiger partial charge in [-0.05, 0) is 6.92 Å². The molecule has 1 heterocycles. The van der Waals surface area contributed by atoms with Crippen LogP contribution in [-0.4, -0.2) is 22.9 Å². The van der Waals surface area contributed by atoms with Crippen LogP contribution in [0.15, 0.2) is 12.4 Å². The van der Waals surface area contributed by atoms with E-state index in [9.17, 15) is 4.79 Å². The fraction of sp³-hybridized carbons (Fsp3) is 0.444. The molecule has 0 aliphatic carbocycles. The molecule has 1 aromatic heterocycles. The molecule has 0 bridgehead atoms. The number of hydrogen-bond acceptors (Lipinski definition) is 3. The van der Waals surface area contributed by atoms with Gasteiger partial charge in [-0.15, -0.1) is 0 Å². The van der Waals surface area contributed by atoms with Gasteiger partial charge in [0.1, 0.15) is 5.69 Å². The van der Waals surface area contributed by atoms with Crippen molar-refractivity contribution in [2.45, 2.75) is 20.8 Å². The fourth-order valence-corrected chi connectivity index (χ4v) is 0.638. The van der Waals surface area contributed by atoms with Crippen molar-refractivity contribution in [1.29, 1.82) is 0 Å². The molecule has 0 aliphatic heterocycles. The molecule has 72 valence electrons. The lowest BCUT2D eigenvalue weighted by Crippen LogP contribution is -2.19. The molecule has 13 heavy (non-hydrogen) atoms. The zero-order valence-corrected chi connectivity index (χ0v) is 8.46. The van der Waals surface area contributed by atoms with Gasteiger partial charge in [-0.1, -0.05) is 13.8 Å². The predicted molar refractivity (Wildman–Crippen MR) is 51.5 cm³/mol. The minimum atomic E-state index is -0.211. The summed E-state index contributed by atoms with van der Waals surface area (Å²) in [5, 5.41) is 2.46. The van der Waals surface area contributed by atoms with Gasteiger partial charge >= 0.3 is 0 Å². The van der Waals surface area contributed by atoms with Crippen molar-refractivity contribution in [2.24, 2.45) is 0 Å². The van der Waals surface area contributed by atoms with E-state index in [2.05, 4.69) is 15.3 Å². The Morgan fingerprint density at radius 3 is 2.31 bits per heavy atom. The molecule has 0 aromatic carbocycles. The molecule has 1 rings (SSSR count). The van der Waals surface area contributed by atoms with Gasteiger partial charge in [0, 0.05) is 13.2 Å². The van der Waals surface area contributed by atoms with Gasteiger partial charge in [-0.25, -0.2) is 4.98 Å². The van der Waals surface area contributed by atoms with Gasteiger partial charge in [0.25, 0.3) is 5.91 Å². The molecule has 0 radical (unpaired) electrons. The monoisotopic (exact) mass is 181 g/mol. The maximum Gasteiger partial charge on any atom is 0.271 e. The molecule has 0 spiro atoms. The molecule has 0 atom stereocenters. The van der Waals surface area contributed by atoms with Crippen LogP contribution in [0.2, 0.25) is 0 Å². The number of carbonyl (C=O) groups excluding carboxylic acids is 1. The van der Waals surface area contributed by atoms with E-state index in [4.69, 9.17) is 0 Å². The molecule has 0 saturated heterocycles. The van der Waals surface area contributed by atoms with Crippen molar-refractivity contribution in [3.63, 3.8) is 0 Å². The van der Waals surface area contributed by atoms with Gasteiger partial charge < -0.3 is 5.32 Å². The number of nitrogens with zero attached hydrogens (tertiary/aromatic N) is 2. The largest absolute Gasteiger partial charge is 0.354 e. The fourth-order valence-electron chi connectivity index (χ4n) is 0.638. The topological polar surface area (TPSA) is 54.9 Å². The lowest BCUT2D eigenvalue weighted by atomic mass is 10.4. The van der Waals surface area contributed by atoms with Crippen LogP contribution in [-0.2, 0) is 0 Å². The molecule has 4 nitrogen and oxygen atoms in total. The number of hydrogen-bond donors (Lipinski definition) is 1. The Morgan fingerprint density at radius 1 is 1.31 bits per heavy atom. The third-order valence-corrected chi connectivity index (χ3v) is 1.24. The molecule has 1 N–H and O–H groups in total. The molecular weight excluding hydrogens is 166 g/mol. The number of aromatic nitrogens is 2. The lowest BCUT2D eigenvalue weighted by Gasteiger charge is -1.96. The molecule has 0 aliphatic rings. The maximum absolute atomic E-state index is 10.9. The zero-order valence-electron chi connectivity index (χ0n) is 8.46. The van der Waals surface area contributed by atoms with E-state index in [1.165, 1.54) is 6.20 Å². The van der Waals surface area contributed by atoms with E-state index in [1.54, 1.807) is 13.2 Å². The van der Waals surface area contributed by atoms with Crippen LogP contribution in [0.3, 0.4) is 0 Å². The summed E-state index contributed by atoms with van der Waals surface area (Å²) >= 11 is 0. The molecule has 4 heteroatoms. The standard InChI is InChI=1S/C7H9N3O.C2H6/c1-5-3-10-6(4-9-5)7(11)8-2;1-2/h3-4H,1-2H3,(H,8,11);1-2H3. The average molecular weight is 181 g/mol. The summed E-state index contributed by atoms with van der Waals surface area (Å²) < 4.78 is 0. The minimum Gasteiger partial charge on any atom is -0.354 e. The Kier molecular flexibility index (Phi) is 5.43. The number of rotatable bonds is 1. The highest BCUT2D eigenvalue weighted by Crippen LogP contribution is 1.92. The Hall–Kier alpha value is -1.45. The molecule has 0 unspecified atom stereocenters. The van der Waals surface area contributed by atoms with E-state index >= 15 is 0 Å². The minimum absolute atomic E-state index is 0.211. The second kappa shape index (κ2) is 6.11. The Bertz CT molecular complexity index is 256. The smallest absolute Gasteiger partial charge is 0.271 e. The summed E-state index contributed by atoms with van der Waals surface area (Å²) in [7, 11) is 1.56. The first kappa shape index (κ1) is 11.6. The van der Waals surface area contributed by atoms with Gasteiger partial charge in [0.05, 0.1) is 11.9 Å². The van der Waals surface area contributed by atoms with E-state index in [0.29, 0.717) is 5.69 Å². The molecule has 0 saturated carbocycles. The SMILES string of the molecule is CC.CNC(=O)c1cnc(C)cn1. The Balaban J connectivity index is 0.000000671. The van der Waals surface area contributed by atoms with E-state index in [1.807, 2.05) is 20.8 Å². The highest BCUT2D eigenvalue weighted by molar-refractivity contribution is 5.91. The third-order valence-electron chi connectivity index (χ3n) is 1.24. The van der Waals surface area contributed by atoms with E-state index in [0.717, 1.165) is 5.69 Å². The quantitative estimate of drug-likeness (QED) is 0.707. The number of amides is 1. The third kappa shape index (κ3) is 3.64. The van der Waals surface area contributed by atoms with Gasteiger partial charge in [-0.3, -0.25) is 9.78 Å². The first-order valence-corrected chi connectivity index (χ1v) is 4.25. The maximum atomic E-state index is 10.9. The van der Waals surface area contributed by atoms with E-state index in [-0.39, 0.29) is 5.91 Å². The number of nitrogens with one attached hydrogen (secondary N) is 1.